The van der Waals surface area contributed by atoms with Crippen molar-refractivity contribution in [3.63, 3.8) is 0 Å². The average molecular weight is 325 g/mol. The SMILES string of the molecule is COC1(OC)N=C(N)C2(C#N)C(c3ccc(N(C)C)cc3)C12C#N. The van der Waals surface area contributed by atoms with Crippen molar-refractivity contribution < 1.29 is 9.47 Å². The lowest BCUT2D eigenvalue weighted by molar-refractivity contribution is -0.230. The number of amidine groups is 1. The van der Waals surface area contributed by atoms with E-state index in [0.29, 0.717) is 0 Å². The highest BCUT2D eigenvalue weighted by Crippen LogP contribution is 2.81. The van der Waals surface area contributed by atoms with Gasteiger partial charge < -0.3 is 20.1 Å². The van der Waals surface area contributed by atoms with Crippen LogP contribution in [0.1, 0.15) is 11.5 Å². The Labute approximate surface area is 140 Å². The summed E-state index contributed by atoms with van der Waals surface area (Å²) in [7, 11) is 6.69. The molecule has 1 aromatic rings. The number of hydrogen-bond donors (Lipinski definition) is 1. The van der Waals surface area contributed by atoms with E-state index in [1.54, 1.807) is 0 Å². The van der Waals surface area contributed by atoms with Gasteiger partial charge in [0.15, 0.2) is 5.41 Å². The second kappa shape index (κ2) is 4.94. The molecule has 7 heteroatoms. The first-order valence-corrected chi connectivity index (χ1v) is 7.46. The summed E-state index contributed by atoms with van der Waals surface area (Å²) in [5.74, 6) is -1.96. The number of rotatable bonds is 4. The average Bonchev–Trinajstić information content (AvgIpc) is 3.17. The molecular weight excluding hydrogens is 306 g/mol. The molecular formula is C17H19N5O2. The zero-order valence-electron chi connectivity index (χ0n) is 14.1. The van der Waals surface area contributed by atoms with Crippen LogP contribution in [0.2, 0.25) is 0 Å². The van der Waals surface area contributed by atoms with E-state index in [1.807, 2.05) is 43.3 Å². The van der Waals surface area contributed by atoms with Gasteiger partial charge in [-0.2, -0.15) is 10.5 Å². The summed E-state index contributed by atoms with van der Waals surface area (Å²) in [5.41, 5.74) is 5.38. The molecule has 3 unspecified atom stereocenters. The number of hydrogen-bond acceptors (Lipinski definition) is 7. The van der Waals surface area contributed by atoms with Crippen molar-refractivity contribution >= 4 is 11.5 Å². The molecule has 2 aliphatic rings. The molecule has 1 aromatic carbocycles. The van der Waals surface area contributed by atoms with Crippen LogP contribution in [-0.2, 0) is 9.47 Å². The number of anilines is 1. The van der Waals surface area contributed by atoms with Gasteiger partial charge in [-0.1, -0.05) is 12.1 Å². The van der Waals surface area contributed by atoms with Gasteiger partial charge in [0.05, 0.1) is 12.1 Å². The maximum atomic E-state index is 9.96. The van der Waals surface area contributed by atoms with Crippen LogP contribution in [0.5, 0.6) is 0 Å². The van der Waals surface area contributed by atoms with Crippen LogP contribution in [0.4, 0.5) is 5.69 Å². The Kier molecular flexibility index (Phi) is 3.35. The van der Waals surface area contributed by atoms with Crippen molar-refractivity contribution in [3.8, 4) is 12.1 Å². The normalized spacial score (nSPS) is 32.2. The van der Waals surface area contributed by atoms with Gasteiger partial charge >= 0.3 is 0 Å². The summed E-state index contributed by atoms with van der Waals surface area (Å²) in [5, 5.41) is 19.8. The van der Waals surface area contributed by atoms with Gasteiger partial charge in [-0.05, 0) is 17.7 Å². The minimum atomic E-state index is -1.58. The van der Waals surface area contributed by atoms with Crippen molar-refractivity contribution in [3.05, 3.63) is 29.8 Å². The fourth-order valence-corrected chi connectivity index (χ4v) is 3.99. The Bertz CT molecular complexity index is 785. The second-order valence-corrected chi connectivity index (χ2v) is 6.25. The molecule has 0 amide bonds. The number of fused-ring (bicyclic) bond motifs is 1. The Morgan fingerprint density at radius 3 is 2.12 bits per heavy atom. The van der Waals surface area contributed by atoms with E-state index in [2.05, 4.69) is 17.1 Å². The summed E-state index contributed by atoms with van der Waals surface area (Å²) in [6.07, 6.45) is 0. The summed E-state index contributed by atoms with van der Waals surface area (Å²) in [6, 6.07) is 12.1. The number of nitrogens with two attached hydrogens (primary N) is 1. The molecule has 7 nitrogen and oxygen atoms in total. The smallest absolute Gasteiger partial charge is 0.292 e. The molecule has 1 heterocycles. The molecule has 24 heavy (non-hydrogen) atoms. The number of ether oxygens (including phenoxy) is 2. The van der Waals surface area contributed by atoms with Gasteiger partial charge in [-0.15, -0.1) is 0 Å². The van der Waals surface area contributed by atoms with E-state index in [-0.39, 0.29) is 5.84 Å². The van der Waals surface area contributed by atoms with E-state index < -0.39 is 22.7 Å². The molecule has 0 bridgehead atoms. The van der Waals surface area contributed by atoms with Crippen LogP contribution < -0.4 is 10.6 Å². The lowest BCUT2D eigenvalue weighted by Crippen LogP contribution is -2.41. The minimum absolute atomic E-state index is 0.0805. The number of benzene rings is 1. The van der Waals surface area contributed by atoms with Crippen LogP contribution in [0.25, 0.3) is 0 Å². The van der Waals surface area contributed by atoms with Crippen LogP contribution in [0, 0.1) is 33.5 Å². The lowest BCUT2D eigenvalue weighted by Gasteiger charge is -2.29. The van der Waals surface area contributed by atoms with Crippen molar-refractivity contribution in [2.75, 3.05) is 33.2 Å². The first-order chi connectivity index (χ1) is 11.4. The van der Waals surface area contributed by atoms with Crippen LogP contribution in [0.15, 0.2) is 29.3 Å². The first-order valence-electron chi connectivity index (χ1n) is 7.46. The van der Waals surface area contributed by atoms with Gasteiger partial charge in [-0.25, -0.2) is 4.99 Å². The van der Waals surface area contributed by atoms with E-state index >= 15 is 0 Å². The number of nitrogens with zero attached hydrogens (tertiary/aromatic N) is 4. The third kappa shape index (κ3) is 1.49. The summed E-state index contributed by atoms with van der Waals surface area (Å²) < 4.78 is 10.9. The molecule has 3 rings (SSSR count). The molecule has 0 saturated heterocycles. The molecule has 1 aliphatic heterocycles. The van der Waals surface area contributed by atoms with E-state index in [0.717, 1.165) is 11.3 Å². The number of methoxy groups -OCH3 is 2. The highest BCUT2D eigenvalue weighted by molar-refractivity contribution is 6.00. The Morgan fingerprint density at radius 2 is 1.71 bits per heavy atom. The zero-order valence-corrected chi connectivity index (χ0v) is 14.1. The maximum absolute atomic E-state index is 9.96. The van der Waals surface area contributed by atoms with Gasteiger partial charge in [0.2, 0.25) is 0 Å². The highest BCUT2D eigenvalue weighted by Gasteiger charge is 2.93. The van der Waals surface area contributed by atoms with Crippen molar-refractivity contribution in [1.29, 1.82) is 10.5 Å². The summed E-state index contributed by atoms with van der Waals surface area (Å²) >= 11 is 0. The van der Waals surface area contributed by atoms with Gasteiger partial charge in [-0.3, -0.25) is 0 Å². The van der Waals surface area contributed by atoms with Crippen molar-refractivity contribution in [2.24, 2.45) is 21.6 Å². The molecule has 0 spiro atoms. The standard InChI is InChI=1S/C17H19N5O2/c1-22(2)12-7-5-11(6-8-12)13-15(9-18)14(20)21-17(23-3,24-4)16(13,15)10-19/h5-8,13H,1-4H3,(H2,20,21). The van der Waals surface area contributed by atoms with Crippen molar-refractivity contribution in [1.82, 2.24) is 0 Å². The highest BCUT2D eigenvalue weighted by atomic mass is 16.7. The molecule has 1 fully saturated rings. The van der Waals surface area contributed by atoms with Crippen LogP contribution >= 0.6 is 0 Å². The Hall–Kier alpha value is -2.61. The van der Waals surface area contributed by atoms with E-state index in [9.17, 15) is 10.5 Å². The predicted molar refractivity (Wildman–Crippen MR) is 88.0 cm³/mol. The fourth-order valence-electron chi connectivity index (χ4n) is 3.99. The lowest BCUT2D eigenvalue weighted by atomic mass is 9.93. The number of aliphatic imine (C=N–C) groups is 1. The molecule has 3 atom stereocenters. The Morgan fingerprint density at radius 1 is 1.12 bits per heavy atom. The summed E-state index contributed by atoms with van der Waals surface area (Å²) in [6.45, 7) is 0. The maximum Gasteiger partial charge on any atom is 0.292 e. The first kappa shape index (κ1) is 16.3. The second-order valence-electron chi connectivity index (χ2n) is 6.25. The van der Waals surface area contributed by atoms with E-state index in [1.165, 1.54) is 14.2 Å². The van der Waals surface area contributed by atoms with Gasteiger partial charge in [0.25, 0.3) is 5.91 Å². The predicted octanol–water partition coefficient (Wildman–Crippen LogP) is 1.19. The summed E-state index contributed by atoms with van der Waals surface area (Å²) in [4.78, 5) is 6.17. The van der Waals surface area contributed by atoms with Gasteiger partial charge in [0, 0.05) is 39.9 Å². The fraction of sp³-hybridized carbons (Fsp3) is 0.471. The molecule has 2 N–H and O–H groups in total. The van der Waals surface area contributed by atoms with Crippen molar-refractivity contribution in [2.45, 2.75) is 11.8 Å². The topological polar surface area (TPSA) is 108 Å². The third-order valence-corrected chi connectivity index (χ3v) is 5.22. The van der Waals surface area contributed by atoms with Crippen LogP contribution in [0.3, 0.4) is 0 Å². The Balaban J connectivity index is 2.16. The number of nitriles is 2. The molecule has 1 aliphatic carbocycles. The molecule has 0 aromatic heterocycles. The largest absolute Gasteiger partial charge is 0.386 e. The molecule has 124 valence electrons. The van der Waals surface area contributed by atoms with E-state index in [4.69, 9.17) is 15.2 Å². The zero-order chi connectivity index (χ0) is 17.8. The molecule has 0 radical (unpaired) electrons. The monoisotopic (exact) mass is 325 g/mol. The van der Waals surface area contributed by atoms with Crippen LogP contribution in [-0.4, -0.2) is 40.1 Å². The van der Waals surface area contributed by atoms with Gasteiger partial charge in [0.1, 0.15) is 11.3 Å². The molecule has 1 saturated carbocycles. The minimum Gasteiger partial charge on any atom is -0.386 e. The quantitative estimate of drug-likeness (QED) is 0.833. The third-order valence-electron chi connectivity index (χ3n) is 5.22.